The zero-order valence-electron chi connectivity index (χ0n) is 14.6. The van der Waals surface area contributed by atoms with Crippen LogP contribution in [0.4, 0.5) is 17.1 Å². The minimum absolute atomic E-state index is 0.123. The van der Waals surface area contributed by atoms with Gasteiger partial charge in [0.2, 0.25) is 17.7 Å². The van der Waals surface area contributed by atoms with Gasteiger partial charge in [-0.1, -0.05) is 23.7 Å². The van der Waals surface area contributed by atoms with Crippen LogP contribution in [-0.2, 0) is 14.4 Å². The first-order valence-corrected chi connectivity index (χ1v) is 8.45. The molecule has 0 aromatic heterocycles. The van der Waals surface area contributed by atoms with Gasteiger partial charge in [0.05, 0.1) is 10.7 Å². The minimum atomic E-state index is -0.237. The molecule has 2 N–H and O–H groups in total. The molecule has 0 radical (unpaired) electrons. The fraction of sp³-hybridized carbons (Fsp3) is 0.211. The maximum atomic E-state index is 12.1. The van der Waals surface area contributed by atoms with Crippen molar-refractivity contribution in [3.63, 3.8) is 0 Å². The van der Waals surface area contributed by atoms with Crippen molar-refractivity contribution in [1.29, 1.82) is 0 Å². The highest BCUT2D eigenvalue weighted by Gasteiger charge is 2.14. The number of carbonyl (C=O) groups excluding carboxylic acids is 3. The molecule has 2 rings (SSSR count). The highest BCUT2D eigenvalue weighted by molar-refractivity contribution is 6.33. The molecule has 0 saturated heterocycles. The first-order valence-electron chi connectivity index (χ1n) is 8.07. The predicted octanol–water partition coefficient (Wildman–Crippen LogP) is 3.68. The van der Waals surface area contributed by atoms with Gasteiger partial charge < -0.3 is 15.5 Å². The molecule has 0 unspecified atom stereocenters. The monoisotopic (exact) mass is 373 g/mol. The maximum Gasteiger partial charge on any atom is 0.226 e. The number of rotatable bonds is 6. The quantitative estimate of drug-likeness (QED) is 0.810. The van der Waals surface area contributed by atoms with Crippen LogP contribution in [0.15, 0.2) is 48.5 Å². The third kappa shape index (κ3) is 5.60. The molecule has 0 spiro atoms. The minimum Gasteiger partial charge on any atom is -0.326 e. The van der Waals surface area contributed by atoms with E-state index in [9.17, 15) is 14.4 Å². The lowest BCUT2D eigenvalue weighted by Gasteiger charge is -2.21. The van der Waals surface area contributed by atoms with Crippen LogP contribution in [0.3, 0.4) is 0 Å². The van der Waals surface area contributed by atoms with Gasteiger partial charge in [0.15, 0.2) is 0 Å². The van der Waals surface area contributed by atoms with E-state index >= 15 is 0 Å². The average Bonchev–Trinajstić information content (AvgIpc) is 2.58. The zero-order valence-corrected chi connectivity index (χ0v) is 15.3. The van der Waals surface area contributed by atoms with Crippen molar-refractivity contribution in [3.05, 3.63) is 53.6 Å². The molecule has 0 aliphatic heterocycles. The van der Waals surface area contributed by atoms with Crippen molar-refractivity contribution in [2.75, 3.05) is 22.1 Å². The van der Waals surface area contributed by atoms with Gasteiger partial charge in [-0.2, -0.15) is 0 Å². The molecular formula is C19H20ClN3O3. The Morgan fingerprint density at radius 3 is 2.19 bits per heavy atom. The van der Waals surface area contributed by atoms with Gasteiger partial charge in [-0.05, 0) is 36.4 Å². The highest BCUT2D eigenvalue weighted by Crippen LogP contribution is 2.21. The standard InChI is InChI=1S/C19H20ClN3O3/c1-13(24)21-15-7-9-16(10-8-15)23(14(2)25)12-11-19(26)22-18-6-4-3-5-17(18)20/h3-10H,11-12H2,1-2H3,(H,21,24)(H,22,26). The molecule has 3 amide bonds. The Morgan fingerprint density at radius 2 is 1.62 bits per heavy atom. The van der Waals surface area contributed by atoms with Crippen LogP contribution in [0.25, 0.3) is 0 Å². The Balaban J connectivity index is 2.00. The zero-order chi connectivity index (χ0) is 19.1. The van der Waals surface area contributed by atoms with E-state index in [1.54, 1.807) is 48.5 Å². The second kappa shape index (κ2) is 9.01. The lowest BCUT2D eigenvalue weighted by atomic mass is 10.2. The van der Waals surface area contributed by atoms with Gasteiger partial charge in [-0.3, -0.25) is 14.4 Å². The van der Waals surface area contributed by atoms with Gasteiger partial charge in [0, 0.05) is 38.2 Å². The first-order chi connectivity index (χ1) is 12.4. The molecule has 0 fully saturated rings. The molecule has 0 aliphatic carbocycles. The lowest BCUT2D eigenvalue weighted by Crippen LogP contribution is -2.32. The Kier molecular flexibility index (Phi) is 6.74. The molecular weight excluding hydrogens is 354 g/mol. The summed E-state index contributed by atoms with van der Waals surface area (Å²) in [6, 6.07) is 13.8. The smallest absolute Gasteiger partial charge is 0.226 e. The Morgan fingerprint density at radius 1 is 0.962 bits per heavy atom. The largest absolute Gasteiger partial charge is 0.326 e. The van der Waals surface area contributed by atoms with Crippen LogP contribution in [0, 0.1) is 0 Å². The number of para-hydroxylation sites is 1. The number of halogens is 1. The highest BCUT2D eigenvalue weighted by atomic mass is 35.5. The van der Waals surface area contributed by atoms with Crippen LogP contribution in [0.2, 0.25) is 5.02 Å². The molecule has 26 heavy (non-hydrogen) atoms. The van der Waals surface area contributed by atoms with Gasteiger partial charge in [0.25, 0.3) is 0 Å². The molecule has 0 atom stereocenters. The lowest BCUT2D eigenvalue weighted by molar-refractivity contribution is -0.117. The summed E-state index contributed by atoms with van der Waals surface area (Å²) in [6.07, 6.45) is 0.123. The number of hydrogen-bond acceptors (Lipinski definition) is 3. The van der Waals surface area contributed by atoms with Crippen LogP contribution < -0.4 is 15.5 Å². The van der Waals surface area contributed by atoms with E-state index < -0.39 is 0 Å². The van der Waals surface area contributed by atoms with Gasteiger partial charge in [0.1, 0.15) is 0 Å². The number of nitrogens with one attached hydrogen (secondary N) is 2. The maximum absolute atomic E-state index is 12.1. The molecule has 2 aromatic carbocycles. The van der Waals surface area contributed by atoms with Gasteiger partial charge in [-0.25, -0.2) is 0 Å². The third-order valence-electron chi connectivity index (χ3n) is 3.59. The Hall–Kier alpha value is -2.86. The molecule has 0 aliphatic rings. The van der Waals surface area contributed by atoms with Crippen molar-refractivity contribution >= 4 is 46.4 Å². The van der Waals surface area contributed by atoms with Crippen LogP contribution >= 0.6 is 11.6 Å². The first kappa shape index (κ1) is 19.5. The Labute approximate surface area is 157 Å². The summed E-state index contributed by atoms with van der Waals surface area (Å²) < 4.78 is 0. The van der Waals surface area contributed by atoms with E-state index in [-0.39, 0.29) is 30.7 Å². The van der Waals surface area contributed by atoms with E-state index in [0.717, 1.165) is 0 Å². The van der Waals surface area contributed by atoms with Crippen LogP contribution in [-0.4, -0.2) is 24.3 Å². The number of anilines is 3. The van der Waals surface area contributed by atoms with Crippen molar-refractivity contribution in [2.45, 2.75) is 20.3 Å². The number of benzene rings is 2. The van der Waals surface area contributed by atoms with Crippen molar-refractivity contribution in [3.8, 4) is 0 Å². The molecule has 0 bridgehead atoms. The van der Waals surface area contributed by atoms with Gasteiger partial charge >= 0.3 is 0 Å². The van der Waals surface area contributed by atoms with Crippen LogP contribution in [0.1, 0.15) is 20.3 Å². The second-order valence-corrected chi connectivity index (χ2v) is 6.08. The van der Waals surface area contributed by atoms with E-state index in [1.807, 2.05) is 0 Å². The summed E-state index contributed by atoms with van der Waals surface area (Å²) in [6.45, 7) is 3.09. The fourth-order valence-corrected chi connectivity index (χ4v) is 2.57. The second-order valence-electron chi connectivity index (χ2n) is 5.68. The molecule has 136 valence electrons. The number of amides is 3. The summed E-state index contributed by atoms with van der Waals surface area (Å²) in [7, 11) is 0. The van der Waals surface area contributed by atoms with Crippen molar-refractivity contribution in [1.82, 2.24) is 0 Å². The van der Waals surface area contributed by atoms with Crippen molar-refractivity contribution in [2.24, 2.45) is 0 Å². The van der Waals surface area contributed by atoms with E-state index in [4.69, 9.17) is 11.6 Å². The molecule has 0 saturated carbocycles. The van der Waals surface area contributed by atoms with Crippen LogP contribution in [0.5, 0.6) is 0 Å². The fourth-order valence-electron chi connectivity index (χ4n) is 2.38. The number of nitrogens with zero attached hydrogens (tertiary/aromatic N) is 1. The number of carbonyl (C=O) groups is 3. The van der Waals surface area contributed by atoms with Crippen molar-refractivity contribution < 1.29 is 14.4 Å². The normalized spacial score (nSPS) is 10.1. The predicted molar refractivity (Wildman–Crippen MR) is 103 cm³/mol. The molecule has 6 nitrogen and oxygen atoms in total. The Bertz CT molecular complexity index is 806. The summed E-state index contributed by atoms with van der Waals surface area (Å²) in [4.78, 5) is 36.6. The molecule has 2 aromatic rings. The average molecular weight is 374 g/mol. The summed E-state index contributed by atoms with van der Waals surface area (Å²) in [5.41, 5.74) is 1.83. The van der Waals surface area contributed by atoms with E-state index in [0.29, 0.717) is 22.1 Å². The number of hydrogen-bond donors (Lipinski definition) is 2. The SMILES string of the molecule is CC(=O)Nc1ccc(N(CCC(=O)Nc2ccccc2Cl)C(C)=O)cc1. The third-order valence-corrected chi connectivity index (χ3v) is 3.92. The van der Waals surface area contributed by atoms with E-state index in [2.05, 4.69) is 10.6 Å². The summed E-state index contributed by atoms with van der Waals surface area (Å²) >= 11 is 6.02. The molecule has 0 heterocycles. The topological polar surface area (TPSA) is 78.5 Å². The summed E-state index contributed by atoms with van der Waals surface area (Å²) in [5.74, 6) is -0.584. The summed E-state index contributed by atoms with van der Waals surface area (Å²) in [5, 5.41) is 5.85. The van der Waals surface area contributed by atoms with E-state index in [1.165, 1.54) is 18.7 Å². The molecule has 7 heteroatoms. The van der Waals surface area contributed by atoms with Gasteiger partial charge in [-0.15, -0.1) is 0 Å².